The van der Waals surface area contributed by atoms with E-state index in [0.29, 0.717) is 5.82 Å². The number of aliphatic hydroxyl groups excluding tert-OH is 1. The Hall–Kier alpha value is -3.25. The van der Waals surface area contributed by atoms with Crippen LogP contribution in [0.25, 0.3) is 22.5 Å². The van der Waals surface area contributed by atoms with Gasteiger partial charge in [-0.15, -0.1) is 0 Å². The molecule has 3 rings (SSSR count). The largest absolute Gasteiger partial charge is 0.392 e. The van der Waals surface area contributed by atoms with E-state index in [0.717, 1.165) is 28.1 Å². The van der Waals surface area contributed by atoms with Crippen molar-refractivity contribution in [2.24, 2.45) is 10.8 Å². The Morgan fingerprint density at radius 3 is 2.35 bits per heavy atom. The van der Waals surface area contributed by atoms with Crippen molar-refractivity contribution in [3.63, 3.8) is 0 Å². The highest BCUT2D eigenvalue weighted by atomic mass is 16.3. The van der Waals surface area contributed by atoms with Gasteiger partial charge in [0.2, 0.25) is 0 Å². The number of primary amides is 1. The molecule has 0 bridgehead atoms. The predicted octanol–water partition coefficient (Wildman–Crippen LogP) is 2.73. The molecule has 1 heterocycles. The third-order valence-electron chi connectivity index (χ3n) is 4.08. The zero-order chi connectivity index (χ0) is 18.7. The lowest BCUT2D eigenvalue weighted by Crippen LogP contribution is -2.21. The molecule has 3 N–H and O–H groups in total. The van der Waals surface area contributed by atoms with Gasteiger partial charge < -0.3 is 10.8 Å². The standard InChI is InChI=1S/C20H20N4O2/c1-13(20(21)26)23-24-14(2)22-18(16-10-8-15(12-25)9-11-16)19(24)17-6-4-3-5-7-17/h3-11,25H,12H2,1-2H3,(H2,21,26)/b23-13+. The Morgan fingerprint density at radius 2 is 1.77 bits per heavy atom. The predicted molar refractivity (Wildman–Crippen MR) is 101 cm³/mol. The number of hydrogen-bond acceptors (Lipinski definition) is 4. The summed E-state index contributed by atoms with van der Waals surface area (Å²) in [7, 11) is 0. The highest BCUT2D eigenvalue weighted by Gasteiger charge is 2.18. The Morgan fingerprint density at radius 1 is 1.12 bits per heavy atom. The molecular formula is C20H20N4O2. The molecule has 0 saturated carbocycles. The Labute approximate surface area is 151 Å². The first-order chi connectivity index (χ1) is 12.5. The molecule has 0 fully saturated rings. The smallest absolute Gasteiger partial charge is 0.264 e. The van der Waals surface area contributed by atoms with Crippen LogP contribution in [-0.2, 0) is 11.4 Å². The molecule has 6 nitrogen and oxygen atoms in total. The van der Waals surface area contributed by atoms with E-state index in [9.17, 15) is 9.90 Å². The van der Waals surface area contributed by atoms with E-state index in [1.54, 1.807) is 11.6 Å². The van der Waals surface area contributed by atoms with E-state index in [-0.39, 0.29) is 12.3 Å². The number of aliphatic hydroxyl groups is 1. The van der Waals surface area contributed by atoms with Gasteiger partial charge in [0.15, 0.2) is 0 Å². The van der Waals surface area contributed by atoms with Crippen LogP contribution < -0.4 is 5.73 Å². The Kier molecular flexibility index (Phi) is 4.95. The maximum Gasteiger partial charge on any atom is 0.264 e. The highest BCUT2D eigenvalue weighted by Crippen LogP contribution is 2.33. The van der Waals surface area contributed by atoms with Gasteiger partial charge in [0.1, 0.15) is 17.2 Å². The molecule has 3 aromatic rings. The summed E-state index contributed by atoms with van der Waals surface area (Å²) in [4.78, 5) is 16.1. The fraction of sp³-hybridized carbons (Fsp3) is 0.150. The maximum atomic E-state index is 11.4. The van der Waals surface area contributed by atoms with Gasteiger partial charge in [-0.3, -0.25) is 4.79 Å². The summed E-state index contributed by atoms with van der Waals surface area (Å²) in [5.41, 5.74) is 9.72. The second-order valence-electron chi connectivity index (χ2n) is 5.94. The molecule has 0 atom stereocenters. The number of nitrogens with two attached hydrogens (primary N) is 1. The fourth-order valence-corrected chi connectivity index (χ4v) is 2.67. The first-order valence-corrected chi connectivity index (χ1v) is 8.21. The molecule has 0 radical (unpaired) electrons. The minimum absolute atomic E-state index is 0.0125. The van der Waals surface area contributed by atoms with Gasteiger partial charge in [0, 0.05) is 11.1 Å². The summed E-state index contributed by atoms with van der Waals surface area (Å²) in [6.45, 7) is 3.39. The average Bonchev–Trinajstić information content (AvgIpc) is 2.98. The number of hydrogen-bond donors (Lipinski definition) is 2. The van der Waals surface area contributed by atoms with Crippen molar-refractivity contribution in [1.82, 2.24) is 9.66 Å². The molecule has 1 amide bonds. The lowest BCUT2D eigenvalue weighted by Gasteiger charge is -2.08. The van der Waals surface area contributed by atoms with E-state index < -0.39 is 5.91 Å². The summed E-state index contributed by atoms with van der Waals surface area (Å²) in [5.74, 6) is 0.0663. The van der Waals surface area contributed by atoms with Crippen LogP contribution >= 0.6 is 0 Å². The second-order valence-corrected chi connectivity index (χ2v) is 5.94. The zero-order valence-electron chi connectivity index (χ0n) is 14.7. The normalized spacial score (nSPS) is 11.6. The van der Waals surface area contributed by atoms with Gasteiger partial charge >= 0.3 is 0 Å². The number of aryl methyl sites for hydroxylation is 1. The van der Waals surface area contributed by atoms with Crippen molar-refractivity contribution in [2.45, 2.75) is 20.5 Å². The van der Waals surface area contributed by atoms with Crippen molar-refractivity contribution in [2.75, 3.05) is 0 Å². The van der Waals surface area contributed by atoms with Crippen molar-refractivity contribution in [3.8, 4) is 22.5 Å². The number of imidazole rings is 1. The van der Waals surface area contributed by atoms with Gasteiger partial charge in [0.05, 0.1) is 12.3 Å². The number of benzene rings is 2. The number of nitrogens with zero attached hydrogens (tertiary/aromatic N) is 3. The van der Waals surface area contributed by atoms with E-state index in [4.69, 9.17) is 5.73 Å². The number of carbonyl (C=O) groups excluding carboxylic acids is 1. The summed E-state index contributed by atoms with van der Waals surface area (Å²) in [6, 6.07) is 17.3. The lowest BCUT2D eigenvalue weighted by molar-refractivity contribution is -0.112. The molecule has 0 aliphatic carbocycles. The summed E-state index contributed by atoms with van der Waals surface area (Å²) in [5, 5.41) is 13.6. The van der Waals surface area contributed by atoms with Gasteiger partial charge in [-0.25, -0.2) is 9.66 Å². The van der Waals surface area contributed by atoms with E-state index >= 15 is 0 Å². The van der Waals surface area contributed by atoms with Crippen LogP contribution in [0.1, 0.15) is 18.3 Å². The molecule has 26 heavy (non-hydrogen) atoms. The van der Waals surface area contributed by atoms with Gasteiger partial charge in [0.25, 0.3) is 5.91 Å². The zero-order valence-corrected chi connectivity index (χ0v) is 14.7. The SMILES string of the molecule is C/C(=N\n1c(C)nc(-c2ccc(CO)cc2)c1-c1ccccc1)C(N)=O. The number of amides is 1. The Balaban J connectivity index is 2.24. The van der Waals surface area contributed by atoms with E-state index in [1.165, 1.54) is 0 Å². The summed E-state index contributed by atoms with van der Waals surface area (Å²) < 4.78 is 1.64. The molecule has 6 heteroatoms. The molecular weight excluding hydrogens is 328 g/mol. The van der Waals surface area contributed by atoms with Gasteiger partial charge in [-0.2, -0.15) is 5.10 Å². The van der Waals surface area contributed by atoms with Crippen LogP contribution in [0.15, 0.2) is 59.7 Å². The Bertz CT molecular complexity index is 957. The van der Waals surface area contributed by atoms with Crippen LogP contribution in [0.3, 0.4) is 0 Å². The van der Waals surface area contributed by atoms with Crippen molar-refractivity contribution in [1.29, 1.82) is 0 Å². The topological polar surface area (TPSA) is 93.5 Å². The minimum atomic E-state index is -0.578. The van der Waals surface area contributed by atoms with E-state index in [2.05, 4.69) is 10.1 Å². The summed E-state index contributed by atoms with van der Waals surface area (Å²) >= 11 is 0. The maximum absolute atomic E-state index is 11.4. The molecule has 0 spiro atoms. The first kappa shape index (κ1) is 17.6. The first-order valence-electron chi connectivity index (χ1n) is 8.21. The van der Waals surface area contributed by atoms with Crippen molar-refractivity contribution < 1.29 is 9.90 Å². The third-order valence-corrected chi connectivity index (χ3v) is 4.08. The molecule has 0 saturated heterocycles. The molecule has 132 valence electrons. The quantitative estimate of drug-likeness (QED) is 0.694. The molecule has 0 aliphatic rings. The molecule has 1 aromatic heterocycles. The van der Waals surface area contributed by atoms with E-state index in [1.807, 2.05) is 61.5 Å². The van der Waals surface area contributed by atoms with Crippen LogP contribution in [0.5, 0.6) is 0 Å². The number of carbonyl (C=O) groups is 1. The van der Waals surface area contributed by atoms with Crippen LogP contribution in [0.2, 0.25) is 0 Å². The highest BCUT2D eigenvalue weighted by molar-refractivity contribution is 6.37. The van der Waals surface area contributed by atoms with Gasteiger partial charge in [-0.1, -0.05) is 54.6 Å². The van der Waals surface area contributed by atoms with Gasteiger partial charge in [-0.05, 0) is 19.4 Å². The fourth-order valence-electron chi connectivity index (χ4n) is 2.67. The molecule has 0 aliphatic heterocycles. The van der Waals surface area contributed by atoms with Crippen LogP contribution in [0.4, 0.5) is 0 Å². The summed E-state index contributed by atoms with van der Waals surface area (Å²) in [6.07, 6.45) is 0. The average molecular weight is 348 g/mol. The van der Waals surface area contributed by atoms with Crippen LogP contribution in [-0.4, -0.2) is 26.4 Å². The monoisotopic (exact) mass is 348 g/mol. The lowest BCUT2D eigenvalue weighted by atomic mass is 10.0. The molecule has 0 unspecified atom stereocenters. The number of aromatic nitrogens is 2. The number of rotatable bonds is 5. The van der Waals surface area contributed by atoms with Crippen molar-refractivity contribution >= 4 is 11.6 Å². The third kappa shape index (κ3) is 3.41. The van der Waals surface area contributed by atoms with Crippen LogP contribution in [0, 0.1) is 6.92 Å². The molecule has 2 aromatic carbocycles. The second kappa shape index (κ2) is 7.33. The minimum Gasteiger partial charge on any atom is -0.392 e. The van der Waals surface area contributed by atoms with Crippen molar-refractivity contribution in [3.05, 3.63) is 66.0 Å².